The lowest BCUT2D eigenvalue weighted by Crippen LogP contribution is -2.49. The Morgan fingerprint density at radius 1 is 1.32 bits per heavy atom. The molecule has 1 amide bonds. The van der Waals surface area contributed by atoms with Gasteiger partial charge in [-0.25, -0.2) is 0 Å². The van der Waals surface area contributed by atoms with Gasteiger partial charge >= 0.3 is 0 Å². The van der Waals surface area contributed by atoms with E-state index in [-0.39, 0.29) is 5.91 Å². The van der Waals surface area contributed by atoms with Gasteiger partial charge in [0.2, 0.25) is 0 Å². The molecule has 3 heterocycles. The zero-order valence-electron chi connectivity index (χ0n) is 15.0. The van der Waals surface area contributed by atoms with Gasteiger partial charge in [-0.1, -0.05) is 12.1 Å². The SMILES string of the molecule is CCOc1cccc2c1OCC(C(=O)N(C)C1CC3CCC(C1)N3)=C2. The number of amides is 1. The molecule has 2 unspecified atom stereocenters. The molecule has 3 aliphatic rings. The number of likely N-dealkylation sites (N-methyl/N-ethyl adjacent to an activating group) is 1. The van der Waals surface area contributed by atoms with Crippen LogP contribution in [0, 0.1) is 0 Å². The molecule has 1 N–H and O–H groups in total. The Morgan fingerprint density at radius 3 is 2.80 bits per heavy atom. The van der Waals surface area contributed by atoms with E-state index in [1.165, 1.54) is 12.8 Å². The van der Waals surface area contributed by atoms with E-state index in [4.69, 9.17) is 9.47 Å². The minimum absolute atomic E-state index is 0.0822. The van der Waals surface area contributed by atoms with E-state index in [1.54, 1.807) is 0 Å². The quantitative estimate of drug-likeness (QED) is 0.914. The average Bonchev–Trinajstić information content (AvgIpc) is 2.98. The van der Waals surface area contributed by atoms with E-state index in [9.17, 15) is 4.79 Å². The van der Waals surface area contributed by atoms with Crippen molar-refractivity contribution in [2.75, 3.05) is 20.3 Å². The van der Waals surface area contributed by atoms with Crippen molar-refractivity contribution in [3.63, 3.8) is 0 Å². The van der Waals surface area contributed by atoms with Gasteiger partial charge in [-0.05, 0) is 44.7 Å². The number of rotatable bonds is 4. The molecule has 0 aromatic heterocycles. The van der Waals surface area contributed by atoms with Crippen LogP contribution in [0.1, 0.15) is 38.2 Å². The first-order valence-electron chi connectivity index (χ1n) is 9.28. The number of para-hydroxylation sites is 1. The summed E-state index contributed by atoms with van der Waals surface area (Å²) in [5.41, 5.74) is 1.63. The fourth-order valence-electron chi connectivity index (χ4n) is 4.31. The van der Waals surface area contributed by atoms with Gasteiger partial charge in [0.15, 0.2) is 11.5 Å². The van der Waals surface area contributed by atoms with Crippen LogP contribution in [-0.4, -0.2) is 49.2 Å². The summed E-state index contributed by atoms with van der Waals surface area (Å²) < 4.78 is 11.5. The van der Waals surface area contributed by atoms with Crippen LogP contribution in [0.5, 0.6) is 11.5 Å². The number of hydrogen-bond acceptors (Lipinski definition) is 4. The lowest BCUT2D eigenvalue weighted by molar-refractivity contribution is -0.128. The van der Waals surface area contributed by atoms with E-state index in [1.807, 2.05) is 43.1 Å². The summed E-state index contributed by atoms with van der Waals surface area (Å²) in [5.74, 6) is 1.56. The summed E-state index contributed by atoms with van der Waals surface area (Å²) in [6.45, 7) is 2.85. The smallest absolute Gasteiger partial charge is 0.253 e. The van der Waals surface area contributed by atoms with Gasteiger partial charge < -0.3 is 19.7 Å². The Balaban J connectivity index is 1.52. The van der Waals surface area contributed by atoms with Crippen molar-refractivity contribution < 1.29 is 14.3 Å². The molecule has 0 spiro atoms. The van der Waals surface area contributed by atoms with Crippen molar-refractivity contribution in [1.82, 2.24) is 10.2 Å². The number of carbonyl (C=O) groups is 1. The van der Waals surface area contributed by atoms with Crippen LogP contribution in [0.25, 0.3) is 6.08 Å². The fraction of sp³-hybridized carbons (Fsp3) is 0.550. The third-order valence-corrected chi connectivity index (χ3v) is 5.60. The first kappa shape index (κ1) is 16.5. The summed E-state index contributed by atoms with van der Waals surface area (Å²) in [5, 5.41) is 3.63. The minimum Gasteiger partial charge on any atom is -0.490 e. The number of fused-ring (bicyclic) bond motifs is 3. The summed E-state index contributed by atoms with van der Waals surface area (Å²) in [7, 11) is 1.94. The molecule has 5 heteroatoms. The second-order valence-corrected chi connectivity index (χ2v) is 7.24. The van der Waals surface area contributed by atoms with Gasteiger partial charge in [0.1, 0.15) is 6.61 Å². The molecule has 1 aromatic rings. The molecular formula is C20H26N2O3. The molecule has 2 fully saturated rings. The molecule has 0 saturated carbocycles. The van der Waals surface area contributed by atoms with Crippen molar-refractivity contribution in [2.45, 2.75) is 50.7 Å². The highest BCUT2D eigenvalue weighted by Crippen LogP contribution is 2.36. The van der Waals surface area contributed by atoms with Crippen LogP contribution in [-0.2, 0) is 4.79 Å². The van der Waals surface area contributed by atoms with Crippen molar-refractivity contribution >= 4 is 12.0 Å². The van der Waals surface area contributed by atoms with Crippen LogP contribution in [0.15, 0.2) is 23.8 Å². The topological polar surface area (TPSA) is 50.8 Å². The second kappa shape index (κ2) is 6.71. The zero-order chi connectivity index (χ0) is 17.4. The molecule has 2 saturated heterocycles. The number of nitrogens with one attached hydrogen (secondary N) is 1. The molecular weight excluding hydrogens is 316 g/mol. The standard InChI is InChI=1S/C20H26N2O3/c1-3-24-18-6-4-5-13-9-14(12-25-19(13)18)20(23)22(2)17-10-15-7-8-16(11-17)21-15/h4-6,9,15-17,21H,3,7-8,10-12H2,1-2H3. The second-order valence-electron chi connectivity index (χ2n) is 7.24. The van der Waals surface area contributed by atoms with Crippen molar-refractivity contribution in [2.24, 2.45) is 0 Å². The molecule has 2 bridgehead atoms. The maximum Gasteiger partial charge on any atom is 0.253 e. The lowest BCUT2D eigenvalue weighted by Gasteiger charge is -2.36. The Kier molecular flexibility index (Phi) is 4.42. The van der Waals surface area contributed by atoms with Gasteiger partial charge in [0.25, 0.3) is 5.91 Å². The summed E-state index contributed by atoms with van der Waals surface area (Å²) in [6, 6.07) is 7.28. The maximum atomic E-state index is 13.0. The number of ether oxygens (including phenoxy) is 2. The lowest BCUT2D eigenvalue weighted by atomic mass is 9.97. The highest BCUT2D eigenvalue weighted by atomic mass is 16.5. The van der Waals surface area contributed by atoms with Gasteiger partial charge in [0.05, 0.1) is 12.2 Å². The Labute approximate surface area is 149 Å². The highest BCUT2D eigenvalue weighted by Gasteiger charge is 2.37. The van der Waals surface area contributed by atoms with Crippen LogP contribution in [0.2, 0.25) is 0 Å². The Bertz CT molecular complexity index is 688. The number of nitrogens with zero attached hydrogens (tertiary/aromatic N) is 1. The van der Waals surface area contributed by atoms with Gasteiger partial charge in [-0.3, -0.25) is 4.79 Å². The third kappa shape index (κ3) is 3.13. The van der Waals surface area contributed by atoms with Crippen molar-refractivity contribution in [1.29, 1.82) is 0 Å². The zero-order valence-corrected chi connectivity index (χ0v) is 15.0. The van der Waals surface area contributed by atoms with Crippen LogP contribution < -0.4 is 14.8 Å². The van der Waals surface area contributed by atoms with Crippen molar-refractivity contribution in [3.8, 4) is 11.5 Å². The number of hydrogen-bond donors (Lipinski definition) is 1. The molecule has 5 nitrogen and oxygen atoms in total. The molecule has 1 aromatic carbocycles. The van der Waals surface area contributed by atoms with E-state index in [2.05, 4.69) is 5.32 Å². The molecule has 0 aliphatic carbocycles. The van der Waals surface area contributed by atoms with Gasteiger partial charge in [-0.15, -0.1) is 0 Å². The number of piperidine rings is 1. The largest absolute Gasteiger partial charge is 0.490 e. The first-order chi connectivity index (χ1) is 12.2. The molecule has 3 aliphatic heterocycles. The Morgan fingerprint density at radius 2 is 2.08 bits per heavy atom. The monoisotopic (exact) mass is 342 g/mol. The maximum absolute atomic E-state index is 13.0. The predicted octanol–water partition coefficient (Wildman–Crippen LogP) is 2.60. The summed E-state index contributed by atoms with van der Waals surface area (Å²) in [4.78, 5) is 14.9. The van der Waals surface area contributed by atoms with E-state index >= 15 is 0 Å². The van der Waals surface area contributed by atoms with E-state index < -0.39 is 0 Å². The third-order valence-electron chi connectivity index (χ3n) is 5.60. The van der Waals surface area contributed by atoms with E-state index in [0.29, 0.717) is 31.3 Å². The van der Waals surface area contributed by atoms with Crippen LogP contribution in [0.3, 0.4) is 0 Å². The number of carbonyl (C=O) groups excluding carboxylic acids is 1. The normalized spacial score (nSPS) is 27.1. The Hall–Kier alpha value is -2.01. The summed E-state index contributed by atoms with van der Waals surface area (Å²) >= 11 is 0. The first-order valence-corrected chi connectivity index (χ1v) is 9.28. The van der Waals surface area contributed by atoms with Crippen molar-refractivity contribution in [3.05, 3.63) is 29.3 Å². The van der Waals surface area contributed by atoms with E-state index in [0.717, 1.165) is 35.5 Å². The minimum atomic E-state index is 0.0822. The number of benzene rings is 1. The van der Waals surface area contributed by atoms with Gasteiger partial charge in [0, 0.05) is 30.7 Å². The predicted molar refractivity (Wildman–Crippen MR) is 96.8 cm³/mol. The molecule has 134 valence electrons. The van der Waals surface area contributed by atoms with Gasteiger partial charge in [-0.2, -0.15) is 0 Å². The fourth-order valence-corrected chi connectivity index (χ4v) is 4.31. The highest BCUT2D eigenvalue weighted by molar-refractivity contribution is 5.99. The summed E-state index contributed by atoms with van der Waals surface area (Å²) in [6.07, 6.45) is 6.54. The molecule has 0 radical (unpaired) electrons. The van der Waals surface area contributed by atoms with Crippen LogP contribution >= 0.6 is 0 Å². The molecule has 25 heavy (non-hydrogen) atoms. The molecule has 4 rings (SSSR count). The molecule has 2 atom stereocenters. The average molecular weight is 342 g/mol. The van der Waals surface area contributed by atoms with Crippen LogP contribution in [0.4, 0.5) is 0 Å².